The maximum absolute atomic E-state index is 13.5. The van der Waals surface area contributed by atoms with Gasteiger partial charge in [-0.1, -0.05) is 6.08 Å². The second kappa shape index (κ2) is 10.4. The van der Waals surface area contributed by atoms with E-state index in [-0.39, 0.29) is 29.1 Å². The summed E-state index contributed by atoms with van der Waals surface area (Å²) in [7, 11) is 0. The molecule has 1 atom stereocenters. The monoisotopic (exact) mass is 541 g/mol. The number of hydrogen-bond acceptors (Lipinski definition) is 7. The van der Waals surface area contributed by atoms with E-state index in [9.17, 15) is 18.8 Å². The van der Waals surface area contributed by atoms with Gasteiger partial charge in [-0.2, -0.15) is 10.4 Å². The van der Waals surface area contributed by atoms with Gasteiger partial charge in [0.15, 0.2) is 5.65 Å². The molecule has 2 aromatic heterocycles. The van der Waals surface area contributed by atoms with E-state index in [1.54, 1.807) is 39.9 Å². The zero-order valence-electron chi connectivity index (χ0n) is 21.4. The highest BCUT2D eigenvalue weighted by Crippen LogP contribution is 2.34. The third kappa shape index (κ3) is 5.08. The summed E-state index contributed by atoms with van der Waals surface area (Å²) >= 11 is 0. The summed E-state index contributed by atoms with van der Waals surface area (Å²) < 4.78 is 34.4. The first-order chi connectivity index (χ1) is 19.4. The van der Waals surface area contributed by atoms with Gasteiger partial charge in [-0.3, -0.25) is 4.79 Å². The second-order valence-corrected chi connectivity index (χ2v) is 10.0. The van der Waals surface area contributed by atoms with Crippen molar-refractivity contribution in [2.24, 2.45) is 5.92 Å². The van der Waals surface area contributed by atoms with Gasteiger partial charge in [-0.05, 0) is 55.9 Å². The first-order valence-corrected chi connectivity index (χ1v) is 13.0. The summed E-state index contributed by atoms with van der Waals surface area (Å²) in [5, 5.41) is 15.0. The number of carbonyl (C=O) groups is 1. The van der Waals surface area contributed by atoms with E-state index in [1.807, 2.05) is 0 Å². The lowest BCUT2D eigenvalue weighted by molar-refractivity contribution is -0.127. The fraction of sp³-hybridized carbons (Fsp3) is 0.276. The number of rotatable bonds is 7. The molecule has 40 heavy (non-hydrogen) atoms. The van der Waals surface area contributed by atoms with Crippen LogP contribution in [0.2, 0.25) is 0 Å². The number of amides is 1. The molecule has 1 saturated heterocycles. The number of likely N-dealkylation sites (tertiary alicyclic amines) is 1. The van der Waals surface area contributed by atoms with Crippen LogP contribution in [0.25, 0.3) is 22.3 Å². The largest absolute Gasteiger partial charge is 0.457 e. The summed E-state index contributed by atoms with van der Waals surface area (Å²) in [5.74, 6) is -0.691. The maximum atomic E-state index is 13.5. The predicted octanol–water partition coefficient (Wildman–Crippen LogP) is 5.00. The van der Waals surface area contributed by atoms with E-state index in [1.165, 1.54) is 6.33 Å². The van der Waals surface area contributed by atoms with Crippen LogP contribution in [0, 0.1) is 28.9 Å². The fourth-order valence-corrected chi connectivity index (χ4v) is 5.07. The average molecular weight is 542 g/mol. The lowest BCUT2D eigenvalue weighted by Gasteiger charge is -2.24. The number of nitrogen functional groups attached to an aromatic ring is 1. The molecule has 0 spiro atoms. The van der Waals surface area contributed by atoms with Crippen molar-refractivity contribution in [3.63, 3.8) is 0 Å². The predicted molar refractivity (Wildman–Crippen MR) is 143 cm³/mol. The SMILES string of the molecule is N#C/C(=C/C1CC1)C(=O)N1CCC[C@@H]1Cn1nc(-c2ccc(Oc3cc(F)cc(F)c3)cc2)c2c(N)ncnc21. The van der Waals surface area contributed by atoms with Gasteiger partial charge in [0, 0.05) is 30.3 Å². The van der Waals surface area contributed by atoms with Gasteiger partial charge in [0.25, 0.3) is 5.91 Å². The molecule has 4 aromatic rings. The van der Waals surface area contributed by atoms with Gasteiger partial charge < -0.3 is 15.4 Å². The van der Waals surface area contributed by atoms with Gasteiger partial charge in [-0.25, -0.2) is 23.4 Å². The van der Waals surface area contributed by atoms with Gasteiger partial charge in [0.05, 0.1) is 18.0 Å². The summed E-state index contributed by atoms with van der Waals surface area (Å²) in [6.45, 7) is 0.959. The van der Waals surface area contributed by atoms with Crippen molar-refractivity contribution in [2.75, 3.05) is 12.3 Å². The Bertz CT molecular complexity index is 1650. The quantitative estimate of drug-likeness (QED) is 0.258. The van der Waals surface area contributed by atoms with Crippen LogP contribution < -0.4 is 10.5 Å². The minimum absolute atomic E-state index is 0.0415. The molecule has 2 fully saturated rings. The van der Waals surface area contributed by atoms with Crippen LogP contribution in [0.4, 0.5) is 14.6 Å². The molecule has 0 bridgehead atoms. The number of nitriles is 1. The number of nitrogens with two attached hydrogens (primary N) is 1. The Morgan fingerprint density at radius 1 is 1.10 bits per heavy atom. The molecule has 11 heteroatoms. The normalized spacial score (nSPS) is 17.3. The highest BCUT2D eigenvalue weighted by molar-refractivity contribution is 5.99. The van der Waals surface area contributed by atoms with E-state index >= 15 is 0 Å². The van der Waals surface area contributed by atoms with E-state index in [4.69, 9.17) is 15.6 Å². The number of benzene rings is 2. The Labute approximate surface area is 228 Å². The van der Waals surface area contributed by atoms with Crippen molar-refractivity contribution in [1.82, 2.24) is 24.6 Å². The van der Waals surface area contributed by atoms with E-state index in [0.29, 0.717) is 47.0 Å². The molecule has 2 aliphatic rings. The van der Waals surface area contributed by atoms with Crippen molar-refractivity contribution in [2.45, 2.75) is 38.3 Å². The van der Waals surface area contributed by atoms with Crippen LogP contribution in [0.15, 0.2) is 60.4 Å². The Kier molecular flexibility index (Phi) is 6.59. The van der Waals surface area contributed by atoms with Gasteiger partial charge >= 0.3 is 0 Å². The van der Waals surface area contributed by atoms with E-state index in [0.717, 1.165) is 43.9 Å². The molecule has 2 aromatic carbocycles. The average Bonchev–Trinajstić information content (AvgIpc) is 3.51. The van der Waals surface area contributed by atoms with Gasteiger partial charge in [-0.15, -0.1) is 0 Å². The molecular weight excluding hydrogens is 516 g/mol. The zero-order valence-corrected chi connectivity index (χ0v) is 21.4. The lowest BCUT2D eigenvalue weighted by atomic mass is 10.1. The van der Waals surface area contributed by atoms with Crippen LogP contribution in [0.5, 0.6) is 11.5 Å². The summed E-state index contributed by atoms with van der Waals surface area (Å²) in [5.41, 5.74) is 8.26. The molecule has 3 heterocycles. The summed E-state index contributed by atoms with van der Waals surface area (Å²) in [4.78, 5) is 23.5. The number of anilines is 1. The molecule has 1 aliphatic heterocycles. The number of halogens is 2. The lowest BCUT2D eigenvalue weighted by Crippen LogP contribution is -2.39. The molecule has 0 radical (unpaired) electrons. The van der Waals surface area contributed by atoms with Crippen LogP contribution >= 0.6 is 0 Å². The van der Waals surface area contributed by atoms with Crippen LogP contribution in [0.3, 0.4) is 0 Å². The smallest absolute Gasteiger partial charge is 0.264 e. The van der Waals surface area contributed by atoms with E-state index in [2.05, 4.69) is 16.0 Å². The van der Waals surface area contributed by atoms with Gasteiger partial charge in [0.2, 0.25) is 0 Å². The Morgan fingerprint density at radius 3 is 2.55 bits per heavy atom. The molecule has 9 nitrogen and oxygen atoms in total. The van der Waals surface area contributed by atoms with Crippen molar-refractivity contribution < 1.29 is 18.3 Å². The van der Waals surface area contributed by atoms with Crippen molar-refractivity contribution in [3.8, 4) is 28.8 Å². The highest BCUT2D eigenvalue weighted by atomic mass is 19.1. The second-order valence-electron chi connectivity index (χ2n) is 10.0. The number of fused-ring (bicyclic) bond motifs is 1. The maximum Gasteiger partial charge on any atom is 0.264 e. The molecule has 1 aliphatic carbocycles. The third-order valence-corrected chi connectivity index (χ3v) is 7.16. The highest BCUT2D eigenvalue weighted by Gasteiger charge is 2.33. The minimum Gasteiger partial charge on any atom is -0.457 e. The van der Waals surface area contributed by atoms with Crippen LogP contribution in [-0.4, -0.2) is 43.1 Å². The van der Waals surface area contributed by atoms with Crippen molar-refractivity contribution >= 4 is 22.8 Å². The Morgan fingerprint density at radius 2 is 1.85 bits per heavy atom. The molecule has 202 valence electrons. The Balaban J connectivity index is 1.28. The van der Waals surface area contributed by atoms with Gasteiger partial charge in [0.1, 0.15) is 52.6 Å². The minimum atomic E-state index is -0.732. The third-order valence-electron chi connectivity index (χ3n) is 7.16. The standard InChI is InChI=1S/C29H25F2N7O2/c30-20-11-21(31)13-24(12-20)40-23-7-5-18(6-8-23)26-25-27(33)34-16-35-28(25)38(36-26)15-22-2-1-9-37(22)29(39)19(14-32)10-17-3-4-17/h5-8,10-13,16-17,22H,1-4,9,15H2,(H2,33,34,35)/b19-10-/t22-/m1/s1. The molecule has 0 unspecified atom stereocenters. The summed E-state index contributed by atoms with van der Waals surface area (Å²) in [6, 6.07) is 11.8. The first-order valence-electron chi connectivity index (χ1n) is 13.0. The molecule has 1 amide bonds. The zero-order chi connectivity index (χ0) is 27.8. The van der Waals surface area contributed by atoms with Crippen LogP contribution in [0.1, 0.15) is 25.7 Å². The molecule has 6 rings (SSSR count). The topological polar surface area (TPSA) is 123 Å². The first kappa shape index (κ1) is 25.4. The van der Waals surface area contributed by atoms with E-state index < -0.39 is 11.6 Å². The molecule has 2 N–H and O–H groups in total. The van der Waals surface area contributed by atoms with Crippen LogP contribution in [-0.2, 0) is 11.3 Å². The number of allylic oxidation sites excluding steroid dienone is 1. The fourth-order valence-electron chi connectivity index (χ4n) is 5.07. The molecule has 1 saturated carbocycles. The van der Waals surface area contributed by atoms with Crippen molar-refractivity contribution in [1.29, 1.82) is 5.26 Å². The number of hydrogen-bond donors (Lipinski definition) is 1. The number of carbonyl (C=O) groups excluding carboxylic acids is 1. The number of nitrogens with zero attached hydrogens (tertiary/aromatic N) is 6. The molecular formula is C29H25F2N7O2. The number of ether oxygens (including phenoxy) is 1. The Hall–Kier alpha value is -4.85. The van der Waals surface area contributed by atoms with Crippen molar-refractivity contribution in [3.05, 3.63) is 72.1 Å². The number of aromatic nitrogens is 4. The summed E-state index contributed by atoms with van der Waals surface area (Å²) in [6.07, 6.45) is 6.81.